The number of rotatable bonds is 5. The quantitative estimate of drug-likeness (QED) is 0.713. The summed E-state index contributed by atoms with van der Waals surface area (Å²) in [6.45, 7) is 5.81. The second kappa shape index (κ2) is 5.21. The van der Waals surface area contributed by atoms with Crippen LogP contribution in [-0.4, -0.2) is 35.6 Å². The van der Waals surface area contributed by atoms with E-state index in [1.165, 1.54) is 25.8 Å². The van der Waals surface area contributed by atoms with Crippen molar-refractivity contribution < 1.29 is 0 Å². The Kier molecular flexibility index (Phi) is 3.89. The van der Waals surface area contributed by atoms with E-state index in [1.54, 1.807) is 0 Å². The number of likely N-dealkylation sites (tertiary alicyclic amines) is 1. The van der Waals surface area contributed by atoms with Gasteiger partial charge in [-0.1, -0.05) is 6.92 Å². The summed E-state index contributed by atoms with van der Waals surface area (Å²) in [5.41, 5.74) is 0. The third-order valence-corrected chi connectivity index (χ3v) is 3.97. The molecule has 0 aromatic carbocycles. The molecule has 2 rings (SSSR count). The van der Waals surface area contributed by atoms with E-state index in [2.05, 4.69) is 30.0 Å². The zero-order valence-electron chi connectivity index (χ0n) is 10.6. The van der Waals surface area contributed by atoms with Crippen LogP contribution in [0.2, 0.25) is 0 Å². The van der Waals surface area contributed by atoms with Crippen LogP contribution in [0.5, 0.6) is 0 Å². The van der Waals surface area contributed by atoms with E-state index >= 15 is 0 Å². The van der Waals surface area contributed by atoms with Gasteiger partial charge in [-0.2, -0.15) is 0 Å². The van der Waals surface area contributed by atoms with E-state index in [0.717, 1.165) is 24.9 Å². The predicted octanol–water partition coefficient (Wildman–Crippen LogP) is 2.00. The highest BCUT2D eigenvalue weighted by Crippen LogP contribution is 2.33. The average Bonchev–Trinajstić information content (AvgIpc) is 3.03. The predicted molar refractivity (Wildman–Crippen MR) is 68.3 cm³/mol. The van der Waals surface area contributed by atoms with Gasteiger partial charge in [0.15, 0.2) is 0 Å². The van der Waals surface area contributed by atoms with Gasteiger partial charge in [0, 0.05) is 37.1 Å². The van der Waals surface area contributed by atoms with Gasteiger partial charge in [-0.25, -0.2) is 0 Å². The van der Waals surface area contributed by atoms with Crippen molar-refractivity contribution in [3.8, 4) is 12.3 Å². The van der Waals surface area contributed by atoms with Gasteiger partial charge in [0.1, 0.15) is 0 Å². The summed E-state index contributed by atoms with van der Waals surface area (Å²) >= 11 is 0. The third kappa shape index (κ3) is 2.78. The highest BCUT2D eigenvalue weighted by Gasteiger charge is 2.38. The molecule has 1 aliphatic carbocycles. The van der Waals surface area contributed by atoms with Crippen LogP contribution in [0.15, 0.2) is 0 Å². The fraction of sp³-hybridized carbons (Fsp3) is 0.857. The van der Waals surface area contributed by atoms with Gasteiger partial charge < -0.3 is 5.32 Å². The minimum Gasteiger partial charge on any atom is -0.309 e. The molecular weight excluding hydrogens is 196 g/mol. The molecule has 1 saturated heterocycles. The van der Waals surface area contributed by atoms with E-state index in [1.807, 2.05) is 0 Å². The summed E-state index contributed by atoms with van der Waals surface area (Å²) < 4.78 is 0. The van der Waals surface area contributed by atoms with Gasteiger partial charge >= 0.3 is 0 Å². The van der Waals surface area contributed by atoms with Gasteiger partial charge in [0.25, 0.3) is 0 Å². The lowest BCUT2D eigenvalue weighted by atomic mass is 10.1. The molecule has 1 heterocycles. The molecule has 0 spiro atoms. The lowest BCUT2D eigenvalue weighted by Gasteiger charge is -2.21. The summed E-state index contributed by atoms with van der Waals surface area (Å²) in [4.78, 5) is 2.68. The molecule has 2 aliphatic rings. The first kappa shape index (κ1) is 12.0. The normalized spacial score (nSPS) is 32.6. The maximum Gasteiger partial charge on any atom is 0.0240 e. The molecular formula is C14H24N2. The molecule has 3 unspecified atom stereocenters. The Morgan fingerprint density at radius 2 is 2.25 bits per heavy atom. The highest BCUT2D eigenvalue weighted by atomic mass is 15.3. The topological polar surface area (TPSA) is 15.3 Å². The number of nitrogens with one attached hydrogen (secondary N) is 1. The maximum absolute atomic E-state index is 5.39. The first-order chi connectivity index (χ1) is 7.74. The van der Waals surface area contributed by atoms with Gasteiger partial charge in [-0.15, -0.1) is 12.3 Å². The molecule has 0 radical (unpaired) electrons. The van der Waals surface area contributed by atoms with Crippen LogP contribution in [0.3, 0.4) is 0 Å². The van der Waals surface area contributed by atoms with Crippen LogP contribution >= 0.6 is 0 Å². The Hall–Kier alpha value is -0.520. The van der Waals surface area contributed by atoms with Crippen molar-refractivity contribution >= 4 is 0 Å². The number of terminal acetylenes is 1. The molecule has 0 bridgehead atoms. The van der Waals surface area contributed by atoms with Gasteiger partial charge in [-0.3, -0.25) is 4.90 Å². The van der Waals surface area contributed by atoms with E-state index in [0.29, 0.717) is 12.1 Å². The monoisotopic (exact) mass is 220 g/mol. The molecule has 2 heteroatoms. The fourth-order valence-corrected chi connectivity index (χ4v) is 2.89. The largest absolute Gasteiger partial charge is 0.309 e. The maximum atomic E-state index is 5.39. The molecule has 0 aromatic heterocycles. The summed E-state index contributed by atoms with van der Waals surface area (Å²) in [6, 6.07) is 2.83. The number of hydrogen-bond acceptors (Lipinski definition) is 2. The molecule has 16 heavy (non-hydrogen) atoms. The van der Waals surface area contributed by atoms with E-state index < -0.39 is 0 Å². The van der Waals surface area contributed by atoms with Crippen molar-refractivity contribution in [1.29, 1.82) is 0 Å². The summed E-state index contributed by atoms with van der Waals surface area (Å²) in [5.74, 6) is 2.77. The van der Waals surface area contributed by atoms with E-state index in [9.17, 15) is 0 Å². The Labute approximate surface area is 99.8 Å². The Morgan fingerprint density at radius 1 is 1.50 bits per heavy atom. The van der Waals surface area contributed by atoms with Crippen molar-refractivity contribution in [3.05, 3.63) is 0 Å². The van der Waals surface area contributed by atoms with Crippen molar-refractivity contribution in [1.82, 2.24) is 10.2 Å². The minimum atomic E-state index is 0.515. The van der Waals surface area contributed by atoms with Crippen molar-refractivity contribution in [2.45, 2.75) is 70.1 Å². The van der Waals surface area contributed by atoms with Crippen LogP contribution in [-0.2, 0) is 0 Å². The van der Waals surface area contributed by atoms with E-state index in [-0.39, 0.29) is 0 Å². The van der Waals surface area contributed by atoms with Crippen LogP contribution in [0.1, 0.15) is 46.0 Å². The van der Waals surface area contributed by atoms with Crippen LogP contribution in [0.25, 0.3) is 0 Å². The summed E-state index contributed by atoms with van der Waals surface area (Å²) in [7, 11) is 0. The molecule has 1 N–H and O–H groups in total. The summed E-state index contributed by atoms with van der Waals surface area (Å²) in [5, 5.41) is 3.73. The Morgan fingerprint density at radius 3 is 2.81 bits per heavy atom. The molecule has 1 saturated carbocycles. The van der Waals surface area contributed by atoms with Crippen molar-refractivity contribution in [2.24, 2.45) is 0 Å². The van der Waals surface area contributed by atoms with Crippen molar-refractivity contribution in [2.75, 3.05) is 6.54 Å². The highest BCUT2D eigenvalue weighted by molar-refractivity contribution is 4.98. The van der Waals surface area contributed by atoms with Crippen molar-refractivity contribution in [3.63, 3.8) is 0 Å². The zero-order valence-corrected chi connectivity index (χ0v) is 10.6. The summed E-state index contributed by atoms with van der Waals surface area (Å²) in [6.07, 6.45) is 11.5. The molecule has 0 aromatic rings. The second-order valence-electron chi connectivity index (χ2n) is 5.39. The second-order valence-corrected chi connectivity index (χ2v) is 5.39. The molecule has 0 amide bonds. The zero-order chi connectivity index (χ0) is 11.5. The molecule has 3 atom stereocenters. The third-order valence-electron chi connectivity index (χ3n) is 3.97. The average molecular weight is 220 g/mol. The molecule has 1 aliphatic heterocycles. The lowest BCUT2D eigenvalue weighted by Crippen LogP contribution is -2.40. The Balaban J connectivity index is 1.80. The Bertz CT molecular complexity index is 264. The first-order valence-corrected chi connectivity index (χ1v) is 6.69. The van der Waals surface area contributed by atoms with Gasteiger partial charge in [0.05, 0.1) is 0 Å². The standard InChI is InChI=1S/C14H24N2/c1-4-6-12(5-2)15-13-9-11(3)16(10-13)14-7-8-14/h1,11-15H,5-10H2,2-3H3. The van der Waals surface area contributed by atoms with Gasteiger partial charge in [-0.05, 0) is 32.6 Å². The van der Waals surface area contributed by atoms with E-state index in [4.69, 9.17) is 6.42 Å². The van der Waals surface area contributed by atoms with Crippen LogP contribution in [0.4, 0.5) is 0 Å². The lowest BCUT2D eigenvalue weighted by molar-refractivity contribution is 0.253. The molecule has 90 valence electrons. The number of hydrogen-bond donors (Lipinski definition) is 1. The molecule has 2 nitrogen and oxygen atoms in total. The SMILES string of the molecule is C#CCC(CC)NC1CC(C)N(C2CC2)C1. The van der Waals surface area contributed by atoms with Crippen LogP contribution < -0.4 is 5.32 Å². The molecule has 2 fully saturated rings. The first-order valence-electron chi connectivity index (χ1n) is 6.69. The van der Waals surface area contributed by atoms with Gasteiger partial charge in [0.2, 0.25) is 0 Å². The smallest absolute Gasteiger partial charge is 0.0240 e. The fourth-order valence-electron chi connectivity index (χ4n) is 2.89. The minimum absolute atomic E-state index is 0.515. The number of nitrogens with zero attached hydrogens (tertiary/aromatic N) is 1. The van der Waals surface area contributed by atoms with Crippen LogP contribution in [0, 0.1) is 12.3 Å².